The Hall–Kier alpha value is -0.790. The summed E-state index contributed by atoms with van der Waals surface area (Å²) >= 11 is 0. The number of nitrogens with one attached hydrogen (secondary N) is 1. The summed E-state index contributed by atoms with van der Waals surface area (Å²) in [5, 5.41) is 3.41. The lowest BCUT2D eigenvalue weighted by Gasteiger charge is -2.29. The molecule has 0 saturated carbocycles. The highest BCUT2D eigenvalue weighted by molar-refractivity contribution is 5.96. The second kappa shape index (κ2) is 2.92. The zero-order valence-corrected chi connectivity index (χ0v) is 7.52. The molecule has 2 rings (SSSR count). The minimum Gasteiger partial charge on any atom is -0.386 e. The Kier molecular flexibility index (Phi) is 1.91. The predicted octanol–water partition coefficient (Wildman–Crippen LogP) is 1.77. The number of rotatable bonds is 0. The predicted molar refractivity (Wildman–Crippen MR) is 47.7 cm³/mol. The van der Waals surface area contributed by atoms with Crippen molar-refractivity contribution in [3.63, 3.8) is 0 Å². The number of carbonyl (C=O) groups excluding carboxylic acids is 1. The fourth-order valence-electron chi connectivity index (χ4n) is 2.08. The Balaban J connectivity index is 2.24. The number of carbonyl (C=O) groups is 1. The molecule has 0 bridgehead atoms. The van der Waals surface area contributed by atoms with Gasteiger partial charge >= 0.3 is 0 Å². The standard InChI is InChI=1S/C10H15NO/c1-7-5-6-8-9(11-7)3-2-4-10(8)12/h7,11H,2-6H2,1H3/t7-/m0/s1. The molecule has 1 aliphatic carbocycles. The summed E-state index contributed by atoms with van der Waals surface area (Å²) in [6, 6.07) is 0.564. The lowest BCUT2D eigenvalue weighted by atomic mass is 9.87. The van der Waals surface area contributed by atoms with Crippen LogP contribution < -0.4 is 5.32 Å². The maximum atomic E-state index is 11.4. The van der Waals surface area contributed by atoms with E-state index in [0.29, 0.717) is 11.8 Å². The van der Waals surface area contributed by atoms with Crippen LogP contribution in [0.15, 0.2) is 11.3 Å². The van der Waals surface area contributed by atoms with Crippen molar-refractivity contribution in [1.82, 2.24) is 5.32 Å². The Morgan fingerprint density at radius 3 is 3.00 bits per heavy atom. The Labute approximate surface area is 73.0 Å². The molecule has 1 heterocycles. The van der Waals surface area contributed by atoms with Gasteiger partial charge in [-0.2, -0.15) is 0 Å². The molecule has 12 heavy (non-hydrogen) atoms. The summed E-state index contributed by atoms with van der Waals surface area (Å²) < 4.78 is 0. The van der Waals surface area contributed by atoms with Crippen molar-refractivity contribution < 1.29 is 4.79 Å². The van der Waals surface area contributed by atoms with E-state index in [9.17, 15) is 4.79 Å². The minimum absolute atomic E-state index is 0.385. The third-order valence-electron chi connectivity index (χ3n) is 2.78. The van der Waals surface area contributed by atoms with Gasteiger partial charge in [0.25, 0.3) is 0 Å². The molecule has 0 saturated heterocycles. The van der Waals surface area contributed by atoms with E-state index in [1.165, 1.54) is 5.70 Å². The van der Waals surface area contributed by atoms with Crippen LogP contribution in [0, 0.1) is 0 Å². The first-order chi connectivity index (χ1) is 5.77. The van der Waals surface area contributed by atoms with Crippen LogP contribution in [0.1, 0.15) is 39.0 Å². The number of allylic oxidation sites excluding steroid dienone is 2. The monoisotopic (exact) mass is 165 g/mol. The van der Waals surface area contributed by atoms with Crippen molar-refractivity contribution in [3.05, 3.63) is 11.3 Å². The van der Waals surface area contributed by atoms with Crippen LogP contribution in [0.3, 0.4) is 0 Å². The van der Waals surface area contributed by atoms with E-state index in [1.807, 2.05) is 0 Å². The lowest BCUT2D eigenvalue weighted by Crippen LogP contribution is -2.34. The molecule has 0 aromatic carbocycles. The third kappa shape index (κ3) is 1.26. The third-order valence-corrected chi connectivity index (χ3v) is 2.78. The highest BCUT2D eigenvalue weighted by Gasteiger charge is 2.24. The van der Waals surface area contributed by atoms with Gasteiger partial charge in [0.2, 0.25) is 0 Å². The molecule has 0 amide bonds. The Bertz CT molecular complexity index is 242. The Morgan fingerprint density at radius 1 is 1.33 bits per heavy atom. The van der Waals surface area contributed by atoms with Crippen LogP contribution in [0.5, 0.6) is 0 Å². The molecule has 2 aliphatic rings. The fraction of sp³-hybridized carbons (Fsp3) is 0.700. The zero-order chi connectivity index (χ0) is 8.55. The molecule has 0 fully saturated rings. The van der Waals surface area contributed by atoms with Gasteiger partial charge in [0.1, 0.15) is 0 Å². The largest absolute Gasteiger partial charge is 0.386 e. The molecule has 0 unspecified atom stereocenters. The van der Waals surface area contributed by atoms with Crippen LogP contribution in [-0.2, 0) is 4.79 Å². The van der Waals surface area contributed by atoms with Gasteiger partial charge in [0, 0.05) is 23.7 Å². The lowest BCUT2D eigenvalue weighted by molar-refractivity contribution is -0.116. The molecular weight excluding hydrogens is 150 g/mol. The average molecular weight is 165 g/mol. The summed E-state index contributed by atoms with van der Waals surface area (Å²) in [6.07, 6.45) is 5.02. The molecule has 1 aliphatic heterocycles. The van der Waals surface area contributed by atoms with Crippen LogP contribution >= 0.6 is 0 Å². The molecular formula is C10H15NO. The van der Waals surface area contributed by atoms with Crippen molar-refractivity contribution in [3.8, 4) is 0 Å². The molecule has 0 aromatic heterocycles. The van der Waals surface area contributed by atoms with Gasteiger partial charge in [-0.25, -0.2) is 0 Å². The molecule has 66 valence electrons. The summed E-state index contributed by atoms with van der Waals surface area (Å²) in [6.45, 7) is 2.18. The highest BCUT2D eigenvalue weighted by Crippen LogP contribution is 2.27. The van der Waals surface area contributed by atoms with E-state index in [-0.39, 0.29) is 0 Å². The molecule has 0 aromatic rings. The molecule has 0 spiro atoms. The van der Waals surface area contributed by atoms with Crippen LogP contribution in [0.4, 0.5) is 0 Å². The van der Waals surface area contributed by atoms with E-state index < -0.39 is 0 Å². The maximum Gasteiger partial charge on any atom is 0.160 e. The van der Waals surface area contributed by atoms with Gasteiger partial charge in [0.05, 0.1) is 0 Å². The topological polar surface area (TPSA) is 29.1 Å². The van der Waals surface area contributed by atoms with E-state index in [4.69, 9.17) is 0 Å². The quantitative estimate of drug-likeness (QED) is 0.592. The van der Waals surface area contributed by atoms with Crippen molar-refractivity contribution in [2.45, 2.75) is 45.1 Å². The van der Waals surface area contributed by atoms with Gasteiger partial charge in [-0.05, 0) is 32.6 Å². The van der Waals surface area contributed by atoms with Crippen LogP contribution in [0.25, 0.3) is 0 Å². The van der Waals surface area contributed by atoms with Gasteiger partial charge in [0.15, 0.2) is 5.78 Å². The first-order valence-electron chi connectivity index (χ1n) is 4.79. The first-order valence-corrected chi connectivity index (χ1v) is 4.79. The first kappa shape index (κ1) is 7.84. The number of Topliss-reactive ketones (excluding diaryl/α,β-unsaturated/α-hetero) is 1. The van der Waals surface area contributed by atoms with Gasteiger partial charge in [-0.1, -0.05) is 0 Å². The molecule has 2 heteroatoms. The number of ketones is 1. The molecule has 2 nitrogen and oxygen atoms in total. The summed E-state index contributed by atoms with van der Waals surface area (Å²) in [7, 11) is 0. The Morgan fingerprint density at radius 2 is 2.17 bits per heavy atom. The zero-order valence-electron chi connectivity index (χ0n) is 7.52. The summed E-state index contributed by atoms with van der Waals surface area (Å²) in [5.74, 6) is 0.385. The van der Waals surface area contributed by atoms with Crippen molar-refractivity contribution in [1.29, 1.82) is 0 Å². The number of hydrogen-bond acceptors (Lipinski definition) is 2. The van der Waals surface area contributed by atoms with Crippen LogP contribution in [0.2, 0.25) is 0 Å². The summed E-state index contributed by atoms with van der Waals surface area (Å²) in [5.41, 5.74) is 2.34. The minimum atomic E-state index is 0.385. The normalized spacial score (nSPS) is 29.8. The van der Waals surface area contributed by atoms with E-state index in [1.54, 1.807) is 0 Å². The second-order valence-corrected chi connectivity index (χ2v) is 3.82. The second-order valence-electron chi connectivity index (χ2n) is 3.82. The SMILES string of the molecule is C[C@H]1CCC2=C(CCCC2=O)N1. The van der Waals surface area contributed by atoms with E-state index >= 15 is 0 Å². The smallest absolute Gasteiger partial charge is 0.160 e. The van der Waals surface area contributed by atoms with Crippen molar-refractivity contribution in [2.24, 2.45) is 0 Å². The van der Waals surface area contributed by atoms with Gasteiger partial charge < -0.3 is 5.32 Å². The summed E-state index contributed by atoms with van der Waals surface area (Å²) in [4.78, 5) is 11.4. The average Bonchev–Trinajstić information content (AvgIpc) is 2.04. The van der Waals surface area contributed by atoms with E-state index in [2.05, 4.69) is 12.2 Å². The van der Waals surface area contributed by atoms with E-state index in [0.717, 1.165) is 37.7 Å². The fourth-order valence-corrected chi connectivity index (χ4v) is 2.08. The highest BCUT2D eigenvalue weighted by atomic mass is 16.1. The maximum absolute atomic E-state index is 11.4. The number of hydrogen-bond donors (Lipinski definition) is 1. The molecule has 0 radical (unpaired) electrons. The van der Waals surface area contributed by atoms with Gasteiger partial charge in [-0.15, -0.1) is 0 Å². The molecule has 1 atom stereocenters. The molecule has 1 N–H and O–H groups in total. The van der Waals surface area contributed by atoms with Crippen molar-refractivity contribution >= 4 is 5.78 Å². The van der Waals surface area contributed by atoms with Gasteiger partial charge in [-0.3, -0.25) is 4.79 Å². The van der Waals surface area contributed by atoms with Crippen molar-refractivity contribution in [2.75, 3.05) is 0 Å². The van der Waals surface area contributed by atoms with Crippen LogP contribution in [-0.4, -0.2) is 11.8 Å².